The molecule has 1 aliphatic heterocycles. The van der Waals surface area contributed by atoms with Gasteiger partial charge in [-0.15, -0.1) is 0 Å². The quantitative estimate of drug-likeness (QED) is 0.817. The van der Waals surface area contributed by atoms with Gasteiger partial charge in [0.1, 0.15) is 10.7 Å². The molecular weight excluding hydrogens is 376 g/mol. The number of sulfonamides is 1. The summed E-state index contributed by atoms with van der Waals surface area (Å²) in [6.45, 7) is 4.03. The van der Waals surface area contributed by atoms with E-state index in [4.69, 9.17) is 4.99 Å². The Balaban J connectivity index is 2.02. The Morgan fingerprint density at radius 2 is 2.00 bits per heavy atom. The number of nitrogens with zero attached hydrogens (tertiary/aromatic N) is 1. The minimum atomic E-state index is -3.55. The lowest BCUT2D eigenvalue weighted by atomic mass is 9.86. The molecule has 1 aliphatic carbocycles. The summed E-state index contributed by atoms with van der Waals surface area (Å²) >= 11 is 3.40. The van der Waals surface area contributed by atoms with Crippen LogP contribution in [0.4, 0.5) is 0 Å². The molecule has 3 rings (SSSR count). The van der Waals surface area contributed by atoms with E-state index in [1.807, 2.05) is 31.2 Å². The third-order valence-corrected chi connectivity index (χ3v) is 6.68. The Labute approximate surface area is 146 Å². The van der Waals surface area contributed by atoms with Crippen molar-refractivity contribution in [2.45, 2.75) is 45.6 Å². The van der Waals surface area contributed by atoms with E-state index < -0.39 is 10.0 Å². The number of hydrogen-bond donors (Lipinski definition) is 1. The molecule has 4 nitrogen and oxygen atoms in total. The molecule has 1 heterocycles. The molecule has 0 unspecified atom stereocenters. The van der Waals surface area contributed by atoms with Gasteiger partial charge in [0.25, 0.3) is 10.0 Å². The molecule has 0 amide bonds. The highest BCUT2D eigenvalue weighted by molar-refractivity contribution is 9.10. The van der Waals surface area contributed by atoms with Gasteiger partial charge in [0.05, 0.1) is 6.04 Å². The van der Waals surface area contributed by atoms with Crippen LogP contribution < -0.4 is 4.72 Å². The largest absolute Gasteiger partial charge is 0.264 e. The highest BCUT2D eigenvalue weighted by Crippen LogP contribution is 2.33. The Hall–Kier alpha value is -1.14. The van der Waals surface area contributed by atoms with Crippen molar-refractivity contribution >= 4 is 36.7 Å². The maximum atomic E-state index is 12.6. The minimum absolute atomic E-state index is 0.207. The molecule has 6 heteroatoms. The molecule has 2 atom stereocenters. The highest BCUT2D eigenvalue weighted by Gasteiger charge is 2.34. The lowest BCUT2D eigenvalue weighted by molar-refractivity contribution is 0.333. The predicted octanol–water partition coefficient (Wildman–Crippen LogP) is 4.09. The SMILES string of the molecule is CC1=C(c2cccc(Br)c2)S(=O)(=O)NC1=N[C@@H]1CCCC[C@@H]1C. The van der Waals surface area contributed by atoms with Crippen LogP contribution in [0.1, 0.15) is 45.1 Å². The second kappa shape index (κ2) is 6.40. The fraction of sp³-hybridized carbons (Fsp3) is 0.471. The standard InChI is InChI=1S/C17H21BrN2O2S/c1-11-6-3-4-9-15(11)19-17-12(2)16(23(21,22)20-17)13-7-5-8-14(18)10-13/h5,7-8,10-11,15H,3-4,6,9H2,1-2H3,(H,19,20)/t11-,15+/m0/s1. The van der Waals surface area contributed by atoms with Crippen molar-refractivity contribution in [2.75, 3.05) is 0 Å². The van der Waals surface area contributed by atoms with Crippen LogP contribution in [0.5, 0.6) is 0 Å². The number of nitrogens with one attached hydrogen (secondary N) is 1. The maximum Gasteiger partial charge on any atom is 0.264 e. The molecule has 2 aliphatic rings. The number of hydrogen-bond acceptors (Lipinski definition) is 3. The van der Waals surface area contributed by atoms with E-state index >= 15 is 0 Å². The van der Waals surface area contributed by atoms with E-state index in [2.05, 4.69) is 27.6 Å². The molecule has 23 heavy (non-hydrogen) atoms. The van der Waals surface area contributed by atoms with Crippen LogP contribution in [0.15, 0.2) is 39.3 Å². The first-order valence-electron chi connectivity index (χ1n) is 7.96. The van der Waals surface area contributed by atoms with Crippen molar-refractivity contribution in [2.24, 2.45) is 10.9 Å². The van der Waals surface area contributed by atoms with Gasteiger partial charge in [-0.3, -0.25) is 9.71 Å². The molecule has 0 radical (unpaired) electrons. The normalized spacial score (nSPS) is 28.9. The number of amidine groups is 1. The third kappa shape index (κ3) is 3.38. The second-order valence-corrected chi connectivity index (χ2v) is 8.91. The molecule has 0 spiro atoms. The van der Waals surface area contributed by atoms with Gasteiger partial charge in [-0.2, -0.15) is 0 Å². The summed E-state index contributed by atoms with van der Waals surface area (Å²) in [6, 6.07) is 7.57. The predicted molar refractivity (Wildman–Crippen MR) is 97.6 cm³/mol. The zero-order valence-electron chi connectivity index (χ0n) is 13.3. The van der Waals surface area contributed by atoms with Crippen molar-refractivity contribution in [3.8, 4) is 0 Å². The average molecular weight is 397 g/mol. The van der Waals surface area contributed by atoms with Crippen LogP contribution in [0.2, 0.25) is 0 Å². The summed E-state index contributed by atoms with van der Waals surface area (Å²) in [6.07, 6.45) is 4.60. The molecule has 0 saturated heterocycles. The van der Waals surface area contributed by atoms with Gasteiger partial charge in [-0.05, 0) is 43.4 Å². The molecular formula is C17H21BrN2O2S. The van der Waals surface area contributed by atoms with Gasteiger partial charge in [0, 0.05) is 10.0 Å². The van der Waals surface area contributed by atoms with Crippen LogP contribution in [0.3, 0.4) is 0 Å². The number of aliphatic imine (C=N–C) groups is 1. The van der Waals surface area contributed by atoms with Crippen LogP contribution in [-0.2, 0) is 10.0 Å². The molecule has 0 aromatic heterocycles. The molecule has 1 saturated carbocycles. The first-order valence-corrected chi connectivity index (χ1v) is 10.2. The van der Waals surface area contributed by atoms with E-state index in [0.717, 1.165) is 17.3 Å². The van der Waals surface area contributed by atoms with E-state index in [-0.39, 0.29) is 6.04 Å². The van der Waals surface area contributed by atoms with E-state index in [1.165, 1.54) is 12.8 Å². The topological polar surface area (TPSA) is 58.5 Å². The van der Waals surface area contributed by atoms with E-state index in [0.29, 0.717) is 27.8 Å². The third-order valence-electron chi connectivity index (χ3n) is 4.64. The Morgan fingerprint density at radius 3 is 2.70 bits per heavy atom. The summed E-state index contributed by atoms with van der Waals surface area (Å²) in [4.78, 5) is 5.08. The second-order valence-electron chi connectivity index (χ2n) is 6.38. The van der Waals surface area contributed by atoms with Crippen LogP contribution >= 0.6 is 15.9 Å². The van der Waals surface area contributed by atoms with Gasteiger partial charge in [-0.25, -0.2) is 8.42 Å². The minimum Gasteiger partial charge on any atom is -0.264 e. The highest BCUT2D eigenvalue weighted by atomic mass is 79.9. The van der Waals surface area contributed by atoms with Gasteiger partial charge in [0.2, 0.25) is 0 Å². The zero-order chi connectivity index (χ0) is 16.6. The van der Waals surface area contributed by atoms with Crippen molar-refractivity contribution < 1.29 is 8.42 Å². The molecule has 1 aromatic rings. The summed E-state index contributed by atoms with van der Waals surface area (Å²) in [5.41, 5.74) is 1.40. The Morgan fingerprint density at radius 1 is 1.26 bits per heavy atom. The number of benzene rings is 1. The van der Waals surface area contributed by atoms with Crippen molar-refractivity contribution in [1.29, 1.82) is 0 Å². The van der Waals surface area contributed by atoms with Crippen LogP contribution in [0.25, 0.3) is 4.91 Å². The first-order chi connectivity index (χ1) is 10.9. The summed E-state index contributed by atoms with van der Waals surface area (Å²) in [7, 11) is -3.55. The van der Waals surface area contributed by atoms with Crippen LogP contribution in [0, 0.1) is 5.92 Å². The molecule has 1 N–H and O–H groups in total. The zero-order valence-corrected chi connectivity index (χ0v) is 15.7. The summed E-state index contributed by atoms with van der Waals surface area (Å²) in [5, 5.41) is 0. The molecule has 1 fully saturated rings. The van der Waals surface area contributed by atoms with E-state index in [9.17, 15) is 8.42 Å². The Bertz CT molecular complexity index is 784. The fourth-order valence-electron chi connectivity index (χ4n) is 3.34. The fourth-order valence-corrected chi connectivity index (χ4v) is 5.24. The monoisotopic (exact) mass is 396 g/mol. The van der Waals surface area contributed by atoms with E-state index in [1.54, 1.807) is 0 Å². The lowest BCUT2D eigenvalue weighted by Crippen LogP contribution is -2.28. The smallest absolute Gasteiger partial charge is 0.264 e. The van der Waals surface area contributed by atoms with Crippen molar-refractivity contribution in [1.82, 2.24) is 4.72 Å². The van der Waals surface area contributed by atoms with Crippen molar-refractivity contribution in [3.63, 3.8) is 0 Å². The first kappa shape index (κ1) is 16.7. The summed E-state index contributed by atoms with van der Waals surface area (Å²) in [5.74, 6) is 1.02. The maximum absolute atomic E-state index is 12.6. The lowest BCUT2D eigenvalue weighted by Gasteiger charge is -2.25. The van der Waals surface area contributed by atoms with Gasteiger partial charge in [-0.1, -0.05) is 47.8 Å². The number of halogens is 1. The molecule has 0 bridgehead atoms. The molecule has 124 valence electrons. The summed E-state index contributed by atoms with van der Waals surface area (Å²) < 4.78 is 28.6. The molecule has 1 aromatic carbocycles. The number of rotatable bonds is 2. The Kier molecular flexibility index (Phi) is 4.65. The average Bonchev–Trinajstić information content (AvgIpc) is 2.70. The van der Waals surface area contributed by atoms with Gasteiger partial charge < -0.3 is 0 Å². The van der Waals surface area contributed by atoms with Crippen LogP contribution in [-0.4, -0.2) is 20.3 Å². The van der Waals surface area contributed by atoms with Crippen molar-refractivity contribution in [3.05, 3.63) is 39.9 Å². The van der Waals surface area contributed by atoms with Gasteiger partial charge in [0.15, 0.2) is 0 Å². The van der Waals surface area contributed by atoms with Gasteiger partial charge >= 0.3 is 0 Å².